The van der Waals surface area contributed by atoms with Crippen LogP contribution >= 0.6 is 15.9 Å². The molecular formula is C15H24BrN3. The Balaban J connectivity index is 2.24. The molecule has 0 amide bonds. The van der Waals surface area contributed by atoms with Crippen molar-refractivity contribution in [1.29, 1.82) is 0 Å². The average molecular weight is 326 g/mol. The third kappa shape index (κ3) is 3.30. The first-order chi connectivity index (χ1) is 9.02. The SMILES string of the molecule is CC1CN(c2cc(Br)ccc2CCN)CC1N(C)C. The van der Waals surface area contributed by atoms with E-state index in [1.54, 1.807) is 0 Å². The van der Waals surface area contributed by atoms with Crippen molar-refractivity contribution in [2.45, 2.75) is 19.4 Å². The van der Waals surface area contributed by atoms with Gasteiger partial charge in [0.1, 0.15) is 0 Å². The summed E-state index contributed by atoms with van der Waals surface area (Å²) in [7, 11) is 4.35. The van der Waals surface area contributed by atoms with Gasteiger partial charge in [0.2, 0.25) is 0 Å². The average Bonchev–Trinajstić information content (AvgIpc) is 2.74. The van der Waals surface area contributed by atoms with Crippen LogP contribution in [-0.4, -0.2) is 44.7 Å². The van der Waals surface area contributed by atoms with Crippen LogP contribution in [0, 0.1) is 5.92 Å². The summed E-state index contributed by atoms with van der Waals surface area (Å²) in [4.78, 5) is 4.84. The Morgan fingerprint density at radius 3 is 2.68 bits per heavy atom. The van der Waals surface area contributed by atoms with Crippen molar-refractivity contribution in [2.24, 2.45) is 11.7 Å². The predicted octanol–water partition coefficient (Wildman–Crippen LogP) is 2.34. The van der Waals surface area contributed by atoms with Gasteiger partial charge in [-0.05, 0) is 50.7 Å². The quantitative estimate of drug-likeness (QED) is 0.922. The Labute approximate surface area is 124 Å². The lowest BCUT2D eigenvalue weighted by molar-refractivity contribution is 0.266. The molecule has 1 aliphatic rings. The number of anilines is 1. The molecule has 0 aliphatic carbocycles. The van der Waals surface area contributed by atoms with Crippen LogP contribution in [0.25, 0.3) is 0 Å². The van der Waals surface area contributed by atoms with Crippen LogP contribution in [0.2, 0.25) is 0 Å². The normalized spacial score (nSPS) is 23.4. The number of benzene rings is 1. The second-order valence-corrected chi connectivity index (χ2v) is 6.64. The fourth-order valence-electron chi connectivity index (χ4n) is 3.02. The van der Waals surface area contributed by atoms with Gasteiger partial charge < -0.3 is 15.5 Å². The molecule has 1 aromatic rings. The summed E-state index contributed by atoms with van der Waals surface area (Å²) in [5.41, 5.74) is 8.43. The molecule has 0 spiro atoms. The summed E-state index contributed by atoms with van der Waals surface area (Å²) >= 11 is 3.59. The standard InChI is InChI=1S/C15H24BrN3/c1-11-9-19(10-15(11)18(2)3)14-8-13(16)5-4-12(14)6-7-17/h4-5,8,11,15H,6-7,9-10,17H2,1-3H3. The largest absolute Gasteiger partial charge is 0.369 e. The van der Waals surface area contributed by atoms with Gasteiger partial charge in [0.25, 0.3) is 0 Å². The van der Waals surface area contributed by atoms with Gasteiger partial charge in [-0.25, -0.2) is 0 Å². The molecule has 2 N–H and O–H groups in total. The number of hydrogen-bond donors (Lipinski definition) is 1. The van der Waals surface area contributed by atoms with Crippen LogP contribution in [0.5, 0.6) is 0 Å². The molecule has 3 nitrogen and oxygen atoms in total. The van der Waals surface area contributed by atoms with Crippen molar-refractivity contribution in [3.8, 4) is 0 Å². The van der Waals surface area contributed by atoms with E-state index in [1.807, 2.05) is 0 Å². The maximum absolute atomic E-state index is 5.73. The highest BCUT2D eigenvalue weighted by molar-refractivity contribution is 9.10. The van der Waals surface area contributed by atoms with E-state index in [0.29, 0.717) is 18.5 Å². The van der Waals surface area contributed by atoms with Crippen molar-refractivity contribution < 1.29 is 0 Å². The van der Waals surface area contributed by atoms with E-state index < -0.39 is 0 Å². The lowest BCUT2D eigenvalue weighted by Gasteiger charge is -2.24. The molecule has 2 rings (SSSR count). The minimum absolute atomic E-state index is 0.629. The Bertz CT molecular complexity index is 433. The van der Waals surface area contributed by atoms with Crippen molar-refractivity contribution in [1.82, 2.24) is 4.90 Å². The van der Waals surface area contributed by atoms with E-state index >= 15 is 0 Å². The van der Waals surface area contributed by atoms with Gasteiger partial charge in [0.05, 0.1) is 0 Å². The zero-order valence-electron chi connectivity index (χ0n) is 12.1. The summed E-state index contributed by atoms with van der Waals surface area (Å²) < 4.78 is 1.14. The summed E-state index contributed by atoms with van der Waals surface area (Å²) in [5, 5.41) is 0. The Morgan fingerprint density at radius 1 is 1.37 bits per heavy atom. The number of rotatable bonds is 4. The smallest absolute Gasteiger partial charge is 0.0411 e. The van der Waals surface area contributed by atoms with Crippen molar-refractivity contribution in [3.63, 3.8) is 0 Å². The van der Waals surface area contributed by atoms with Crippen LogP contribution < -0.4 is 10.6 Å². The highest BCUT2D eigenvalue weighted by atomic mass is 79.9. The Morgan fingerprint density at radius 2 is 2.11 bits per heavy atom. The molecular weight excluding hydrogens is 302 g/mol. The fourth-order valence-corrected chi connectivity index (χ4v) is 3.37. The van der Waals surface area contributed by atoms with E-state index in [1.165, 1.54) is 11.3 Å². The van der Waals surface area contributed by atoms with Crippen molar-refractivity contribution >= 4 is 21.6 Å². The second kappa shape index (κ2) is 6.25. The highest BCUT2D eigenvalue weighted by Crippen LogP contribution is 2.31. The molecule has 2 unspecified atom stereocenters. The molecule has 19 heavy (non-hydrogen) atoms. The van der Waals surface area contributed by atoms with E-state index in [4.69, 9.17) is 5.73 Å². The number of hydrogen-bond acceptors (Lipinski definition) is 3. The molecule has 2 atom stereocenters. The number of likely N-dealkylation sites (N-methyl/N-ethyl adjacent to an activating group) is 1. The van der Waals surface area contributed by atoms with E-state index in [2.05, 4.69) is 64.9 Å². The summed E-state index contributed by atoms with van der Waals surface area (Å²) in [6.45, 7) is 5.26. The number of nitrogens with two attached hydrogens (primary N) is 1. The van der Waals surface area contributed by atoms with E-state index in [0.717, 1.165) is 24.0 Å². The predicted molar refractivity (Wildman–Crippen MR) is 85.8 cm³/mol. The van der Waals surface area contributed by atoms with E-state index in [9.17, 15) is 0 Å². The third-order valence-electron chi connectivity index (χ3n) is 4.04. The van der Waals surface area contributed by atoms with Gasteiger partial charge >= 0.3 is 0 Å². The van der Waals surface area contributed by atoms with Gasteiger partial charge in [-0.1, -0.05) is 28.9 Å². The van der Waals surface area contributed by atoms with Gasteiger partial charge in [-0.2, -0.15) is 0 Å². The fraction of sp³-hybridized carbons (Fsp3) is 0.600. The van der Waals surface area contributed by atoms with Gasteiger partial charge in [-0.3, -0.25) is 0 Å². The highest BCUT2D eigenvalue weighted by Gasteiger charge is 2.31. The molecule has 0 saturated carbocycles. The molecule has 0 radical (unpaired) electrons. The first kappa shape index (κ1) is 14.8. The van der Waals surface area contributed by atoms with E-state index in [-0.39, 0.29) is 0 Å². The molecule has 1 aliphatic heterocycles. The van der Waals surface area contributed by atoms with Crippen LogP contribution in [0.1, 0.15) is 12.5 Å². The maximum Gasteiger partial charge on any atom is 0.0411 e. The van der Waals surface area contributed by atoms with Gasteiger partial charge in [-0.15, -0.1) is 0 Å². The second-order valence-electron chi connectivity index (χ2n) is 5.72. The zero-order chi connectivity index (χ0) is 14.0. The monoisotopic (exact) mass is 325 g/mol. The lowest BCUT2D eigenvalue weighted by Crippen LogP contribution is -2.34. The van der Waals surface area contributed by atoms with Crippen LogP contribution in [0.15, 0.2) is 22.7 Å². The zero-order valence-corrected chi connectivity index (χ0v) is 13.7. The molecule has 4 heteroatoms. The van der Waals surface area contributed by atoms with Gasteiger partial charge in [0.15, 0.2) is 0 Å². The minimum atomic E-state index is 0.629. The summed E-state index contributed by atoms with van der Waals surface area (Å²) in [5.74, 6) is 0.694. The van der Waals surface area contributed by atoms with Crippen LogP contribution in [0.4, 0.5) is 5.69 Å². The molecule has 1 heterocycles. The molecule has 0 bridgehead atoms. The Kier molecular flexibility index (Phi) is 4.87. The number of nitrogens with zero attached hydrogens (tertiary/aromatic N) is 2. The molecule has 1 aromatic carbocycles. The van der Waals surface area contributed by atoms with Crippen molar-refractivity contribution in [2.75, 3.05) is 38.6 Å². The molecule has 0 aromatic heterocycles. The summed E-state index contributed by atoms with van der Waals surface area (Å²) in [6.07, 6.45) is 0.945. The molecule has 106 valence electrons. The first-order valence-corrected chi connectivity index (χ1v) is 7.72. The van der Waals surface area contributed by atoms with Crippen LogP contribution in [-0.2, 0) is 6.42 Å². The topological polar surface area (TPSA) is 32.5 Å². The number of halogens is 1. The summed E-state index contributed by atoms with van der Waals surface area (Å²) in [6, 6.07) is 7.16. The van der Waals surface area contributed by atoms with Gasteiger partial charge in [0, 0.05) is 29.3 Å². The lowest BCUT2D eigenvalue weighted by atomic mass is 10.1. The first-order valence-electron chi connectivity index (χ1n) is 6.92. The third-order valence-corrected chi connectivity index (χ3v) is 4.53. The maximum atomic E-state index is 5.73. The Hall–Kier alpha value is -0.580. The molecule has 1 fully saturated rings. The minimum Gasteiger partial charge on any atom is -0.369 e. The van der Waals surface area contributed by atoms with Crippen molar-refractivity contribution in [3.05, 3.63) is 28.2 Å². The van der Waals surface area contributed by atoms with Crippen LogP contribution in [0.3, 0.4) is 0 Å². The molecule has 1 saturated heterocycles.